The predicted molar refractivity (Wildman–Crippen MR) is 48.8 cm³/mol. The predicted octanol–water partition coefficient (Wildman–Crippen LogP) is 1.66. The molecular weight excluding hydrogens is 152 g/mol. The van der Waals surface area contributed by atoms with Crippen LogP contribution in [0.15, 0.2) is 11.8 Å². The number of hydrogen-bond donors (Lipinski definition) is 1. The lowest BCUT2D eigenvalue weighted by Crippen LogP contribution is -2.28. The maximum Gasteiger partial charge on any atom is 0.326 e. The summed E-state index contributed by atoms with van der Waals surface area (Å²) in [7, 11) is 0. The van der Waals surface area contributed by atoms with Crippen molar-refractivity contribution in [2.45, 2.75) is 32.8 Å². The van der Waals surface area contributed by atoms with Crippen LogP contribution in [0.5, 0.6) is 0 Å². The second-order valence-electron chi connectivity index (χ2n) is 3.50. The number of hydrogen-bond acceptors (Lipinski definition) is 1. The molecule has 0 aromatic heterocycles. The first-order valence-electron chi connectivity index (χ1n) is 4.49. The molecule has 2 nitrogen and oxygen atoms in total. The van der Waals surface area contributed by atoms with Crippen molar-refractivity contribution in [2.24, 2.45) is 11.8 Å². The average Bonchev–Trinajstić information content (AvgIpc) is 2.09. The molecule has 0 saturated carbocycles. The van der Waals surface area contributed by atoms with E-state index in [1.54, 1.807) is 6.08 Å². The second-order valence-corrected chi connectivity index (χ2v) is 3.50. The van der Waals surface area contributed by atoms with E-state index in [4.69, 9.17) is 4.42 Å². The molecule has 0 radical (unpaired) electrons. The molecule has 3 atom stereocenters. The lowest BCUT2D eigenvalue weighted by molar-refractivity contribution is -0.394. The molecule has 0 aromatic rings. The minimum Gasteiger partial charge on any atom is -0.388 e. The minimum absolute atomic E-state index is 0.342. The molecule has 0 amide bonds. The molecule has 0 fully saturated rings. The van der Waals surface area contributed by atoms with E-state index in [0.29, 0.717) is 11.8 Å². The third-order valence-corrected chi connectivity index (χ3v) is 2.81. The Morgan fingerprint density at radius 3 is 2.92 bits per heavy atom. The average molecular weight is 169 g/mol. The van der Waals surface area contributed by atoms with E-state index in [-0.39, 0.29) is 6.10 Å². The summed E-state index contributed by atoms with van der Waals surface area (Å²) in [6.07, 6.45) is 3.40. The fourth-order valence-corrected chi connectivity index (χ4v) is 1.76. The van der Waals surface area contributed by atoms with Gasteiger partial charge in [-0.2, -0.15) is 0 Å². The molecule has 3 unspecified atom stereocenters. The number of allylic oxidation sites excluding steroid dienone is 1. The summed E-state index contributed by atoms with van der Waals surface area (Å²) in [5.74, 6) is 1.70. The quantitative estimate of drug-likeness (QED) is 0.626. The molecule has 0 bridgehead atoms. The molecule has 1 aliphatic carbocycles. The molecule has 0 heterocycles. The van der Waals surface area contributed by atoms with Crippen molar-refractivity contribution in [3.63, 3.8) is 0 Å². The Bertz CT molecular complexity index is 196. The Labute approximate surface area is 73.6 Å². The van der Waals surface area contributed by atoms with E-state index in [0.717, 1.165) is 18.6 Å². The topological polar surface area (TPSA) is 31.5 Å². The molecule has 2 heteroatoms. The van der Waals surface area contributed by atoms with Gasteiger partial charge in [0, 0.05) is 6.08 Å². The van der Waals surface area contributed by atoms with E-state index in [2.05, 4.69) is 20.6 Å². The summed E-state index contributed by atoms with van der Waals surface area (Å²) in [4.78, 5) is 0. The SMILES string of the molecule is C=[O+]C1=CC(O)C(C)C(CC)C1. The van der Waals surface area contributed by atoms with Crippen molar-refractivity contribution in [1.82, 2.24) is 0 Å². The van der Waals surface area contributed by atoms with Crippen LogP contribution in [0.4, 0.5) is 0 Å². The standard InChI is InChI=1S/C10H17O2/c1-4-8-5-9(12-3)6-10(11)7(8)2/h6-8,10-11H,3-5H2,1-2H3/q+1. The molecule has 0 aliphatic heterocycles. The maximum atomic E-state index is 9.60. The first kappa shape index (κ1) is 9.46. The van der Waals surface area contributed by atoms with Gasteiger partial charge in [-0.05, 0) is 11.8 Å². The van der Waals surface area contributed by atoms with E-state index in [9.17, 15) is 5.11 Å². The van der Waals surface area contributed by atoms with E-state index in [1.807, 2.05) is 0 Å². The van der Waals surface area contributed by atoms with Crippen LogP contribution in [-0.4, -0.2) is 18.0 Å². The largest absolute Gasteiger partial charge is 0.388 e. The summed E-state index contributed by atoms with van der Waals surface area (Å²) in [5, 5.41) is 9.60. The fourth-order valence-electron chi connectivity index (χ4n) is 1.76. The number of aliphatic hydroxyl groups is 1. The van der Waals surface area contributed by atoms with Crippen LogP contribution in [0.2, 0.25) is 0 Å². The van der Waals surface area contributed by atoms with Crippen LogP contribution >= 0.6 is 0 Å². The Hall–Kier alpha value is -0.630. The highest BCUT2D eigenvalue weighted by atomic mass is 16.4. The zero-order valence-corrected chi connectivity index (χ0v) is 7.79. The van der Waals surface area contributed by atoms with E-state index < -0.39 is 0 Å². The molecule has 1 aliphatic rings. The van der Waals surface area contributed by atoms with Gasteiger partial charge in [0.15, 0.2) is 0 Å². The Morgan fingerprint density at radius 2 is 2.42 bits per heavy atom. The van der Waals surface area contributed by atoms with Crippen LogP contribution in [0, 0.1) is 11.8 Å². The highest BCUT2D eigenvalue weighted by Crippen LogP contribution is 2.31. The monoisotopic (exact) mass is 169 g/mol. The smallest absolute Gasteiger partial charge is 0.326 e. The highest BCUT2D eigenvalue weighted by Gasteiger charge is 2.31. The van der Waals surface area contributed by atoms with Gasteiger partial charge >= 0.3 is 5.76 Å². The highest BCUT2D eigenvalue weighted by molar-refractivity contribution is 5.16. The summed E-state index contributed by atoms with van der Waals surface area (Å²) < 4.78 is 4.89. The minimum atomic E-state index is -0.361. The van der Waals surface area contributed by atoms with Crippen LogP contribution in [0.3, 0.4) is 0 Å². The Kier molecular flexibility index (Phi) is 3.04. The van der Waals surface area contributed by atoms with Gasteiger partial charge in [0.1, 0.15) is 0 Å². The van der Waals surface area contributed by atoms with Gasteiger partial charge in [-0.15, -0.1) is 0 Å². The molecule has 0 spiro atoms. The maximum absolute atomic E-state index is 9.60. The molecule has 0 saturated heterocycles. The van der Waals surface area contributed by atoms with E-state index >= 15 is 0 Å². The first-order chi connectivity index (χ1) is 5.69. The van der Waals surface area contributed by atoms with Gasteiger partial charge in [0.05, 0.1) is 12.5 Å². The zero-order valence-electron chi connectivity index (χ0n) is 7.79. The summed E-state index contributed by atoms with van der Waals surface area (Å²) in [6, 6.07) is 0. The van der Waals surface area contributed by atoms with Crippen molar-refractivity contribution < 1.29 is 9.53 Å². The van der Waals surface area contributed by atoms with E-state index in [1.165, 1.54) is 0 Å². The van der Waals surface area contributed by atoms with Crippen LogP contribution in [-0.2, 0) is 4.42 Å². The van der Waals surface area contributed by atoms with Gasteiger partial charge in [-0.3, -0.25) is 0 Å². The lowest BCUT2D eigenvalue weighted by Gasteiger charge is -2.26. The Balaban J connectivity index is 2.75. The van der Waals surface area contributed by atoms with Crippen LogP contribution < -0.4 is 0 Å². The number of rotatable bonds is 2. The van der Waals surface area contributed by atoms with Crippen molar-refractivity contribution in [2.75, 3.05) is 0 Å². The van der Waals surface area contributed by atoms with Crippen molar-refractivity contribution >= 4 is 6.79 Å². The normalized spacial score (nSPS) is 35.9. The van der Waals surface area contributed by atoms with Gasteiger partial charge < -0.3 is 5.11 Å². The van der Waals surface area contributed by atoms with Crippen LogP contribution in [0.1, 0.15) is 26.7 Å². The molecule has 12 heavy (non-hydrogen) atoms. The summed E-state index contributed by atoms with van der Waals surface area (Å²) in [6.45, 7) is 7.58. The third kappa shape index (κ3) is 1.75. The summed E-state index contributed by atoms with van der Waals surface area (Å²) >= 11 is 0. The van der Waals surface area contributed by atoms with Crippen LogP contribution in [0.25, 0.3) is 0 Å². The molecule has 0 aromatic carbocycles. The third-order valence-electron chi connectivity index (χ3n) is 2.81. The van der Waals surface area contributed by atoms with Crippen molar-refractivity contribution in [3.8, 4) is 0 Å². The van der Waals surface area contributed by atoms with Gasteiger partial charge in [0.2, 0.25) is 0 Å². The number of aliphatic hydroxyl groups excluding tert-OH is 1. The first-order valence-corrected chi connectivity index (χ1v) is 4.49. The molecular formula is C10H17O2+. The Morgan fingerprint density at radius 1 is 1.75 bits per heavy atom. The summed E-state index contributed by atoms with van der Waals surface area (Å²) in [5.41, 5.74) is 0. The zero-order chi connectivity index (χ0) is 9.14. The molecule has 1 rings (SSSR count). The van der Waals surface area contributed by atoms with Gasteiger partial charge in [-0.25, -0.2) is 4.42 Å². The molecule has 1 N–H and O–H groups in total. The van der Waals surface area contributed by atoms with Crippen molar-refractivity contribution in [3.05, 3.63) is 11.8 Å². The number of carbonyl (C=O) groups excluding carboxylic acids is 1. The van der Waals surface area contributed by atoms with Gasteiger partial charge in [-0.1, -0.05) is 20.3 Å². The van der Waals surface area contributed by atoms with Gasteiger partial charge in [0.25, 0.3) is 6.79 Å². The lowest BCUT2D eigenvalue weighted by atomic mass is 9.80. The fraction of sp³-hybridized carbons (Fsp3) is 0.700. The molecule has 68 valence electrons. The van der Waals surface area contributed by atoms with Crippen molar-refractivity contribution in [1.29, 1.82) is 0 Å². The second kappa shape index (κ2) is 3.85.